The van der Waals surface area contributed by atoms with Crippen molar-refractivity contribution >= 4 is 28.9 Å². The Bertz CT molecular complexity index is 1950. The molecule has 0 radical (unpaired) electrons. The summed E-state index contributed by atoms with van der Waals surface area (Å²) in [6, 6.07) is 17.8. The van der Waals surface area contributed by atoms with E-state index in [1.54, 1.807) is 36.2 Å². The summed E-state index contributed by atoms with van der Waals surface area (Å²) in [5.74, 6) is 0.229. The van der Waals surface area contributed by atoms with Crippen molar-refractivity contribution in [2.24, 2.45) is 17.1 Å². The van der Waals surface area contributed by atoms with Crippen LogP contribution in [-0.2, 0) is 7.05 Å². The van der Waals surface area contributed by atoms with Crippen molar-refractivity contribution in [2.75, 3.05) is 6.79 Å². The first-order valence-corrected chi connectivity index (χ1v) is 13.2. The van der Waals surface area contributed by atoms with E-state index in [0.29, 0.717) is 33.2 Å². The highest BCUT2D eigenvalue weighted by Crippen LogP contribution is 2.37. The monoisotopic (exact) mass is 572 g/mol. The maximum atomic E-state index is 13.7. The number of nitro benzene ring substituents is 1. The van der Waals surface area contributed by atoms with E-state index in [4.69, 9.17) is 14.5 Å². The van der Waals surface area contributed by atoms with Gasteiger partial charge >= 0.3 is 0 Å². The first-order chi connectivity index (χ1) is 19.8. The molecule has 1 aliphatic rings. The predicted octanol–water partition coefficient (Wildman–Crippen LogP) is 4.91. The summed E-state index contributed by atoms with van der Waals surface area (Å²) >= 11 is 1.22. The van der Waals surface area contributed by atoms with E-state index in [9.17, 15) is 19.3 Å². The van der Waals surface area contributed by atoms with E-state index < -0.39 is 10.7 Å². The number of rotatable bonds is 6. The van der Waals surface area contributed by atoms with Crippen LogP contribution in [-0.4, -0.2) is 32.0 Å². The quantitative estimate of drug-likeness (QED) is 0.163. The zero-order valence-electron chi connectivity index (χ0n) is 21.7. The fraction of sp³-hybridized carbons (Fsp3) is 0.107. The second kappa shape index (κ2) is 10.4. The van der Waals surface area contributed by atoms with Gasteiger partial charge in [-0.25, -0.2) is 18.7 Å². The van der Waals surface area contributed by atoms with Crippen molar-refractivity contribution in [2.45, 2.75) is 6.92 Å². The molecule has 0 unspecified atom stereocenters. The molecule has 2 aromatic heterocycles. The second-order valence-corrected chi connectivity index (χ2v) is 9.85. The van der Waals surface area contributed by atoms with Crippen LogP contribution in [0.25, 0.3) is 16.9 Å². The average Bonchev–Trinajstić information content (AvgIpc) is 3.65. The molecule has 13 heteroatoms. The first-order valence-electron chi connectivity index (χ1n) is 12.3. The molecule has 6 rings (SSSR count). The van der Waals surface area contributed by atoms with Crippen molar-refractivity contribution < 1.29 is 18.8 Å². The maximum absolute atomic E-state index is 13.7. The number of hydrogen-bond donors (Lipinski definition) is 0. The molecule has 0 bridgehead atoms. The number of ether oxygens (including phenoxy) is 2. The van der Waals surface area contributed by atoms with Gasteiger partial charge in [0, 0.05) is 18.0 Å². The first kappa shape index (κ1) is 26.0. The lowest BCUT2D eigenvalue weighted by Crippen LogP contribution is -2.19. The Morgan fingerprint density at radius 1 is 1.07 bits per heavy atom. The topological polar surface area (TPSA) is 118 Å². The van der Waals surface area contributed by atoms with Crippen LogP contribution in [0.1, 0.15) is 11.3 Å². The van der Waals surface area contributed by atoms with Gasteiger partial charge in [-0.3, -0.25) is 19.6 Å². The lowest BCUT2D eigenvalue weighted by Gasteiger charge is -2.07. The van der Waals surface area contributed by atoms with Gasteiger partial charge in [-0.15, -0.1) is 11.3 Å². The van der Waals surface area contributed by atoms with Gasteiger partial charge in [-0.1, -0.05) is 18.2 Å². The van der Waals surface area contributed by atoms with E-state index in [0.717, 1.165) is 0 Å². The van der Waals surface area contributed by atoms with Crippen LogP contribution >= 0.6 is 11.3 Å². The fourth-order valence-electron chi connectivity index (χ4n) is 4.41. The third-order valence-corrected chi connectivity index (χ3v) is 7.40. The molecule has 0 saturated heterocycles. The van der Waals surface area contributed by atoms with E-state index >= 15 is 0 Å². The van der Waals surface area contributed by atoms with E-state index in [1.807, 2.05) is 30.3 Å². The van der Waals surface area contributed by atoms with Crippen LogP contribution < -0.4 is 19.8 Å². The Morgan fingerprint density at radius 3 is 2.49 bits per heavy atom. The molecule has 0 saturated carbocycles. The molecule has 0 amide bonds. The Hall–Kier alpha value is -5.30. The molecule has 0 atom stereocenters. The van der Waals surface area contributed by atoms with Gasteiger partial charge in [0.15, 0.2) is 17.2 Å². The molecular formula is C28H21FN6O5S. The summed E-state index contributed by atoms with van der Waals surface area (Å²) in [5, 5.41) is 18.1. The van der Waals surface area contributed by atoms with Crippen molar-refractivity contribution in [3.63, 3.8) is 0 Å². The number of thiazole rings is 1. The molecular weight excluding hydrogens is 551 g/mol. The Morgan fingerprint density at radius 2 is 1.78 bits per heavy atom. The highest BCUT2D eigenvalue weighted by atomic mass is 32.1. The minimum Gasteiger partial charge on any atom is -0.454 e. The number of nitro groups is 1. The molecule has 3 heterocycles. The van der Waals surface area contributed by atoms with Crippen LogP contribution in [0, 0.1) is 22.9 Å². The third kappa shape index (κ3) is 4.72. The zero-order valence-corrected chi connectivity index (χ0v) is 22.5. The number of nitrogens with zero attached hydrogens (tertiary/aromatic N) is 6. The van der Waals surface area contributed by atoms with E-state index in [1.165, 1.54) is 51.2 Å². The van der Waals surface area contributed by atoms with Gasteiger partial charge in [-0.05, 0) is 49.4 Å². The average molecular weight is 573 g/mol. The molecule has 5 aromatic rings. The molecule has 0 fully saturated rings. The summed E-state index contributed by atoms with van der Waals surface area (Å²) in [7, 11) is 1.77. The van der Waals surface area contributed by atoms with Gasteiger partial charge in [0.05, 0.1) is 39.8 Å². The predicted molar refractivity (Wildman–Crippen MR) is 151 cm³/mol. The molecule has 41 heavy (non-hydrogen) atoms. The zero-order chi connectivity index (χ0) is 28.7. The number of benzene rings is 3. The molecule has 206 valence electrons. The van der Waals surface area contributed by atoms with Crippen molar-refractivity contribution in [3.8, 4) is 28.4 Å². The van der Waals surface area contributed by atoms with Crippen molar-refractivity contribution in [3.05, 3.63) is 114 Å². The molecule has 1 aliphatic heterocycles. The fourth-order valence-corrected chi connectivity index (χ4v) is 5.26. The van der Waals surface area contributed by atoms with E-state index in [-0.39, 0.29) is 35.0 Å². The molecule has 0 spiro atoms. The number of hydrogen-bond acceptors (Lipinski definition) is 8. The van der Waals surface area contributed by atoms with Gasteiger partial charge in [-0.2, -0.15) is 5.10 Å². The minimum absolute atomic E-state index is 0.0406. The summed E-state index contributed by atoms with van der Waals surface area (Å²) < 4.78 is 29.1. The lowest BCUT2D eigenvalue weighted by molar-refractivity contribution is -0.385. The Balaban J connectivity index is 1.53. The van der Waals surface area contributed by atoms with Crippen LogP contribution in [0.4, 0.5) is 15.8 Å². The second-order valence-electron chi connectivity index (χ2n) is 9.01. The van der Waals surface area contributed by atoms with Crippen molar-refractivity contribution in [1.82, 2.24) is 14.0 Å². The molecule has 0 aliphatic carbocycles. The van der Waals surface area contributed by atoms with Crippen LogP contribution in [0.3, 0.4) is 0 Å². The van der Waals surface area contributed by atoms with E-state index in [2.05, 4.69) is 5.10 Å². The number of aromatic nitrogens is 3. The highest BCUT2D eigenvalue weighted by molar-refractivity contribution is 7.07. The smallest absolute Gasteiger partial charge is 0.297 e. The standard InChI is InChI=1S/C28H21FN6O5S/c1-17-26(27(36)34(32(17)2)21-6-4-3-5-7-21)31-28-33(23(15-41-28)18-8-10-20(29)11-9-18)30-14-19-12-24-25(40-16-39-24)13-22(19)35(37)38/h3-15H,16H2,1-2H3. The molecule has 3 aromatic carbocycles. The Kier molecular flexibility index (Phi) is 6.55. The summed E-state index contributed by atoms with van der Waals surface area (Å²) in [5.41, 5.74) is 2.33. The number of halogens is 1. The summed E-state index contributed by atoms with van der Waals surface area (Å²) in [4.78, 5) is 29.8. The largest absolute Gasteiger partial charge is 0.454 e. The highest BCUT2D eigenvalue weighted by Gasteiger charge is 2.23. The molecule has 11 nitrogen and oxygen atoms in total. The summed E-state index contributed by atoms with van der Waals surface area (Å²) in [6.07, 6.45) is 1.32. The van der Waals surface area contributed by atoms with Gasteiger partial charge in [0.1, 0.15) is 5.82 Å². The Labute approximate surface area is 235 Å². The van der Waals surface area contributed by atoms with Crippen molar-refractivity contribution in [1.29, 1.82) is 0 Å². The van der Waals surface area contributed by atoms with Crippen LogP contribution in [0.15, 0.2) is 87.0 Å². The summed E-state index contributed by atoms with van der Waals surface area (Å²) in [6.45, 7) is 1.75. The number of fused-ring (bicyclic) bond motifs is 1. The molecule has 0 N–H and O–H groups in total. The SMILES string of the molecule is Cc1c(N=c2scc(-c3ccc(F)cc3)n2N=Cc2cc3c(cc2[N+](=O)[O-])OCO3)c(=O)n(-c2ccccc2)n1C. The normalized spacial score (nSPS) is 12.9. The lowest BCUT2D eigenvalue weighted by atomic mass is 10.1. The van der Waals surface area contributed by atoms with Gasteiger partial charge in [0.2, 0.25) is 11.6 Å². The third-order valence-electron chi connectivity index (χ3n) is 6.59. The van der Waals surface area contributed by atoms with Gasteiger partial charge in [0.25, 0.3) is 11.2 Å². The number of para-hydroxylation sites is 1. The minimum atomic E-state index is -0.535. The van der Waals surface area contributed by atoms with Crippen LogP contribution in [0.5, 0.6) is 11.5 Å². The maximum Gasteiger partial charge on any atom is 0.297 e. The van der Waals surface area contributed by atoms with Crippen LogP contribution in [0.2, 0.25) is 0 Å². The van der Waals surface area contributed by atoms with Gasteiger partial charge < -0.3 is 9.47 Å².